The largest absolute Gasteiger partial charge is 0.370 e. The highest BCUT2D eigenvalue weighted by Crippen LogP contribution is 2.23. The van der Waals surface area contributed by atoms with Crippen molar-refractivity contribution in [3.8, 4) is 0 Å². The third-order valence-electron chi connectivity index (χ3n) is 2.17. The van der Waals surface area contributed by atoms with E-state index in [-0.39, 0.29) is 0 Å². The average molecular weight is 183 g/mol. The predicted octanol–water partition coefficient (Wildman–Crippen LogP) is 1.59. The summed E-state index contributed by atoms with van der Waals surface area (Å²) in [5, 5.41) is 0. The molecule has 0 amide bonds. The summed E-state index contributed by atoms with van der Waals surface area (Å²) in [5.41, 5.74) is 5.91. The van der Waals surface area contributed by atoms with Crippen molar-refractivity contribution in [2.75, 3.05) is 13.1 Å². The summed E-state index contributed by atoms with van der Waals surface area (Å²) < 4.78 is 0. The Morgan fingerprint density at radius 3 is 2.23 bits per heavy atom. The first-order valence-electron chi connectivity index (χ1n) is 5.36. The van der Waals surface area contributed by atoms with E-state index in [0.29, 0.717) is 6.04 Å². The van der Waals surface area contributed by atoms with E-state index in [0.717, 1.165) is 31.9 Å². The van der Waals surface area contributed by atoms with Crippen molar-refractivity contribution >= 4 is 5.96 Å². The summed E-state index contributed by atoms with van der Waals surface area (Å²) in [6.45, 7) is 6.42. The van der Waals surface area contributed by atoms with E-state index in [2.05, 4.69) is 23.7 Å². The van der Waals surface area contributed by atoms with Crippen LogP contribution >= 0.6 is 0 Å². The first-order valence-corrected chi connectivity index (χ1v) is 5.36. The molecule has 3 nitrogen and oxygen atoms in total. The molecule has 0 heterocycles. The first-order chi connectivity index (χ1) is 6.27. The highest BCUT2D eigenvalue weighted by atomic mass is 15.3. The standard InChI is InChI=1S/C10H21N3/c1-3-7-13(8-4-2)10(11)12-9-5-6-9/h9H,3-8H2,1-2H3,(H2,11,12). The minimum atomic E-state index is 0.538. The zero-order valence-electron chi connectivity index (χ0n) is 8.79. The fraction of sp³-hybridized carbons (Fsp3) is 0.900. The molecule has 1 saturated carbocycles. The van der Waals surface area contributed by atoms with Gasteiger partial charge in [-0.25, -0.2) is 4.99 Å². The Kier molecular flexibility index (Phi) is 4.06. The highest BCUT2D eigenvalue weighted by molar-refractivity contribution is 5.78. The van der Waals surface area contributed by atoms with Gasteiger partial charge in [0, 0.05) is 13.1 Å². The lowest BCUT2D eigenvalue weighted by Crippen LogP contribution is -2.38. The van der Waals surface area contributed by atoms with Crippen LogP contribution in [0.15, 0.2) is 4.99 Å². The van der Waals surface area contributed by atoms with Gasteiger partial charge in [0.15, 0.2) is 5.96 Å². The van der Waals surface area contributed by atoms with Crippen molar-refractivity contribution in [2.24, 2.45) is 10.7 Å². The second-order valence-electron chi connectivity index (χ2n) is 3.71. The van der Waals surface area contributed by atoms with Gasteiger partial charge in [0.25, 0.3) is 0 Å². The third-order valence-corrected chi connectivity index (χ3v) is 2.17. The number of nitrogens with zero attached hydrogens (tertiary/aromatic N) is 2. The number of aliphatic imine (C=N–C) groups is 1. The highest BCUT2D eigenvalue weighted by Gasteiger charge is 2.21. The number of nitrogens with two attached hydrogens (primary N) is 1. The van der Waals surface area contributed by atoms with E-state index < -0.39 is 0 Å². The van der Waals surface area contributed by atoms with Gasteiger partial charge in [-0.3, -0.25) is 0 Å². The minimum Gasteiger partial charge on any atom is -0.370 e. The quantitative estimate of drug-likeness (QED) is 0.519. The van der Waals surface area contributed by atoms with Crippen LogP contribution in [0.2, 0.25) is 0 Å². The van der Waals surface area contributed by atoms with Crippen molar-refractivity contribution < 1.29 is 0 Å². The van der Waals surface area contributed by atoms with Crippen molar-refractivity contribution in [2.45, 2.75) is 45.6 Å². The predicted molar refractivity (Wildman–Crippen MR) is 56.8 cm³/mol. The number of hydrogen-bond acceptors (Lipinski definition) is 1. The molecular formula is C10H21N3. The summed E-state index contributed by atoms with van der Waals surface area (Å²) in [6.07, 6.45) is 4.74. The van der Waals surface area contributed by atoms with Crippen LogP contribution < -0.4 is 5.73 Å². The van der Waals surface area contributed by atoms with Crippen molar-refractivity contribution in [3.63, 3.8) is 0 Å². The molecule has 0 bridgehead atoms. The smallest absolute Gasteiger partial charge is 0.191 e. The average Bonchev–Trinajstić information content (AvgIpc) is 2.88. The third kappa shape index (κ3) is 3.66. The Morgan fingerprint density at radius 2 is 1.85 bits per heavy atom. The monoisotopic (exact) mass is 183 g/mol. The zero-order chi connectivity index (χ0) is 9.68. The molecule has 0 spiro atoms. The van der Waals surface area contributed by atoms with Crippen molar-refractivity contribution in [3.05, 3.63) is 0 Å². The summed E-state index contributed by atoms with van der Waals surface area (Å²) >= 11 is 0. The molecule has 2 N–H and O–H groups in total. The van der Waals surface area contributed by atoms with Crippen molar-refractivity contribution in [1.82, 2.24) is 4.90 Å². The van der Waals surface area contributed by atoms with Gasteiger partial charge in [0.2, 0.25) is 0 Å². The molecule has 76 valence electrons. The summed E-state index contributed by atoms with van der Waals surface area (Å²) in [4.78, 5) is 6.64. The van der Waals surface area contributed by atoms with Gasteiger partial charge in [-0.2, -0.15) is 0 Å². The lowest BCUT2D eigenvalue weighted by atomic mass is 10.4. The zero-order valence-corrected chi connectivity index (χ0v) is 8.79. The van der Waals surface area contributed by atoms with Crippen LogP contribution in [-0.4, -0.2) is 30.0 Å². The minimum absolute atomic E-state index is 0.538. The molecule has 0 aromatic rings. The molecule has 13 heavy (non-hydrogen) atoms. The van der Waals surface area contributed by atoms with Gasteiger partial charge in [-0.1, -0.05) is 13.8 Å². The lowest BCUT2D eigenvalue weighted by Gasteiger charge is -2.22. The Bertz CT molecular complexity index is 167. The molecular weight excluding hydrogens is 162 g/mol. The van der Waals surface area contributed by atoms with Gasteiger partial charge in [-0.05, 0) is 25.7 Å². The van der Waals surface area contributed by atoms with Crippen LogP contribution in [0.3, 0.4) is 0 Å². The molecule has 1 fully saturated rings. The summed E-state index contributed by atoms with van der Waals surface area (Å²) in [5.74, 6) is 0.756. The molecule has 0 atom stereocenters. The second kappa shape index (κ2) is 5.10. The number of hydrogen-bond donors (Lipinski definition) is 1. The summed E-state index contributed by atoms with van der Waals surface area (Å²) in [7, 11) is 0. The Labute approximate surface area is 81.0 Å². The Morgan fingerprint density at radius 1 is 1.31 bits per heavy atom. The molecule has 1 aliphatic rings. The lowest BCUT2D eigenvalue weighted by molar-refractivity contribution is 0.410. The van der Waals surface area contributed by atoms with Crippen molar-refractivity contribution in [1.29, 1.82) is 0 Å². The maximum Gasteiger partial charge on any atom is 0.191 e. The molecule has 0 unspecified atom stereocenters. The van der Waals surface area contributed by atoms with Gasteiger partial charge in [-0.15, -0.1) is 0 Å². The molecule has 1 aliphatic carbocycles. The maximum atomic E-state index is 5.91. The second-order valence-corrected chi connectivity index (χ2v) is 3.71. The topological polar surface area (TPSA) is 41.6 Å². The summed E-state index contributed by atoms with van der Waals surface area (Å²) in [6, 6.07) is 0.538. The maximum absolute atomic E-state index is 5.91. The van der Waals surface area contributed by atoms with E-state index in [1.165, 1.54) is 12.8 Å². The number of rotatable bonds is 5. The van der Waals surface area contributed by atoms with E-state index >= 15 is 0 Å². The first kappa shape index (κ1) is 10.4. The van der Waals surface area contributed by atoms with E-state index in [1.54, 1.807) is 0 Å². The fourth-order valence-electron chi connectivity index (χ4n) is 1.35. The van der Waals surface area contributed by atoms with Gasteiger partial charge in [0.05, 0.1) is 6.04 Å². The molecule has 0 radical (unpaired) electrons. The number of guanidine groups is 1. The van der Waals surface area contributed by atoms with Crippen LogP contribution in [0.1, 0.15) is 39.5 Å². The van der Waals surface area contributed by atoms with E-state index in [1.807, 2.05) is 0 Å². The van der Waals surface area contributed by atoms with E-state index in [4.69, 9.17) is 5.73 Å². The molecule has 3 heteroatoms. The molecule has 1 rings (SSSR count). The molecule has 0 saturated heterocycles. The van der Waals surface area contributed by atoms with Crippen LogP contribution in [0, 0.1) is 0 Å². The van der Waals surface area contributed by atoms with Gasteiger partial charge < -0.3 is 10.6 Å². The van der Waals surface area contributed by atoms with Crippen LogP contribution in [0.4, 0.5) is 0 Å². The molecule has 0 aliphatic heterocycles. The normalized spacial score (nSPS) is 17.5. The van der Waals surface area contributed by atoms with Gasteiger partial charge in [0.1, 0.15) is 0 Å². The van der Waals surface area contributed by atoms with Gasteiger partial charge >= 0.3 is 0 Å². The molecule has 0 aromatic carbocycles. The Balaban J connectivity index is 2.40. The molecule has 0 aromatic heterocycles. The SMILES string of the molecule is CCCN(CCC)C(N)=NC1CC1. The fourth-order valence-corrected chi connectivity index (χ4v) is 1.35. The van der Waals surface area contributed by atoms with Crippen LogP contribution in [0.25, 0.3) is 0 Å². The van der Waals surface area contributed by atoms with Crippen LogP contribution in [0.5, 0.6) is 0 Å². The van der Waals surface area contributed by atoms with Crippen LogP contribution in [-0.2, 0) is 0 Å². The Hall–Kier alpha value is -0.730. The van der Waals surface area contributed by atoms with E-state index in [9.17, 15) is 0 Å².